The van der Waals surface area contributed by atoms with Gasteiger partial charge in [-0.05, 0) is 50.6 Å². The first-order chi connectivity index (χ1) is 14.2. The average Bonchev–Trinajstić information content (AvgIpc) is 2.59. The number of carbonyl (C=O) groups excluding carboxylic acids is 1. The summed E-state index contributed by atoms with van der Waals surface area (Å²) in [4.78, 5) is 23.7. The SMILES string of the molecule is CC(C)(C)OC(=O)N[C@H](c1cccc(OC(F)(F)F)c1)[C@H](c1ccc(Cl)cc1)[N+](=O)[O-]. The standard InChI is InChI=1S/C20H20ClF3N2O5/c1-19(2,3)31-18(27)25-16(13-5-4-6-15(11-13)30-20(22,23)24)17(26(28)29)12-7-9-14(21)10-8-12/h4-11,16-17H,1-3H3,(H,25,27)/t16-,17+/m1/s1. The number of carbonyl (C=O) groups is 1. The van der Waals surface area contributed by atoms with E-state index in [0.717, 1.165) is 12.1 Å². The molecule has 11 heteroatoms. The summed E-state index contributed by atoms with van der Waals surface area (Å²) in [5, 5.41) is 14.7. The van der Waals surface area contributed by atoms with Gasteiger partial charge < -0.3 is 14.8 Å². The van der Waals surface area contributed by atoms with Gasteiger partial charge in [0, 0.05) is 15.5 Å². The highest BCUT2D eigenvalue weighted by molar-refractivity contribution is 6.30. The Bertz CT molecular complexity index is 930. The predicted octanol–water partition coefficient (Wildman–Crippen LogP) is 5.82. The van der Waals surface area contributed by atoms with Crippen LogP contribution in [-0.2, 0) is 4.74 Å². The van der Waals surface area contributed by atoms with E-state index in [1.54, 1.807) is 20.8 Å². The lowest BCUT2D eigenvalue weighted by Gasteiger charge is -2.26. The fraction of sp³-hybridized carbons (Fsp3) is 0.350. The van der Waals surface area contributed by atoms with Gasteiger partial charge in [-0.2, -0.15) is 0 Å². The molecule has 0 aromatic heterocycles. The number of nitrogens with one attached hydrogen (secondary N) is 1. The van der Waals surface area contributed by atoms with Crippen LogP contribution in [-0.4, -0.2) is 23.0 Å². The molecular formula is C20H20ClF3N2O5. The van der Waals surface area contributed by atoms with Crippen LogP contribution in [0.5, 0.6) is 5.75 Å². The van der Waals surface area contributed by atoms with Crippen molar-refractivity contribution in [3.05, 3.63) is 74.8 Å². The summed E-state index contributed by atoms with van der Waals surface area (Å²) >= 11 is 5.85. The van der Waals surface area contributed by atoms with Crippen molar-refractivity contribution in [2.45, 2.75) is 44.8 Å². The number of ether oxygens (including phenoxy) is 2. The molecule has 0 saturated carbocycles. The zero-order valence-electron chi connectivity index (χ0n) is 16.8. The van der Waals surface area contributed by atoms with E-state index in [1.807, 2.05) is 0 Å². The first-order valence-corrected chi connectivity index (χ1v) is 9.37. The zero-order chi connectivity index (χ0) is 23.4. The molecule has 2 rings (SSSR count). The van der Waals surface area contributed by atoms with Crippen molar-refractivity contribution >= 4 is 17.7 Å². The summed E-state index contributed by atoms with van der Waals surface area (Å²) < 4.78 is 47.0. The molecule has 0 radical (unpaired) electrons. The maximum atomic E-state index is 12.6. The normalized spacial score (nSPS) is 13.8. The van der Waals surface area contributed by atoms with Crippen LogP contribution in [0.1, 0.15) is 44.0 Å². The Morgan fingerprint density at radius 1 is 1.10 bits per heavy atom. The number of hydrogen-bond donors (Lipinski definition) is 1. The van der Waals surface area contributed by atoms with Gasteiger partial charge in [-0.1, -0.05) is 35.9 Å². The van der Waals surface area contributed by atoms with E-state index in [9.17, 15) is 28.1 Å². The third kappa shape index (κ3) is 7.63. The number of nitrogens with zero attached hydrogens (tertiary/aromatic N) is 1. The van der Waals surface area contributed by atoms with Gasteiger partial charge in [0.1, 0.15) is 17.4 Å². The first kappa shape index (κ1) is 24.3. The number of rotatable bonds is 6. The monoisotopic (exact) mass is 460 g/mol. The molecule has 2 aromatic carbocycles. The molecule has 0 saturated heterocycles. The zero-order valence-corrected chi connectivity index (χ0v) is 17.5. The quantitative estimate of drug-likeness (QED) is 0.433. The Morgan fingerprint density at radius 2 is 1.71 bits per heavy atom. The van der Waals surface area contributed by atoms with Gasteiger partial charge in [0.15, 0.2) is 0 Å². The summed E-state index contributed by atoms with van der Waals surface area (Å²) in [6.07, 6.45) is -5.92. The topological polar surface area (TPSA) is 90.7 Å². The van der Waals surface area contributed by atoms with Crippen molar-refractivity contribution in [1.29, 1.82) is 0 Å². The van der Waals surface area contributed by atoms with Crippen LogP contribution in [0.2, 0.25) is 5.02 Å². The summed E-state index contributed by atoms with van der Waals surface area (Å²) in [6, 6.07) is 7.34. The van der Waals surface area contributed by atoms with Crippen molar-refractivity contribution in [1.82, 2.24) is 5.32 Å². The van der Waals surface area contributed by atoms with Crippen LogP contribution >= 0.6 is 11.6 Å². The Labute approximate surface area is 181 Å². The van der Waals surface area contributed by atoms with Crippen molar-refractivity contribution in [3.63, 3.8) is 0 Å². The molecule has 168 valence electrons. The molecule has 0 fully saturated rings. The van der Waals surface area contributed by atoms with E-state index in [2.05, 4.69) is 10.1 Å². The number of halogens is 4. The minimum absolute atomic E-state index is 0.0178. The number of hydrogen-bond acceptors (Lipinski definition) is 5. The summed E-state index contributed by atoms with van der Waals surface area (Å²) in [5.74, 6) is -0.584. The highest BCUT2D eigenvalue weighted by Crippen LogP contribution is 2.35. The Morgan fingerprint density at radius 3 is 2.23 bits per heavy atom. The van der Waals surface area contributed by atoms with Crippen molar-refractivity contribution in [2.24, 2.45) is 0 Å². The van der Waals surface area contributed by atoms with Crippen LogP contribution in [0.4, 0.5) is 18.0 Å². The van der Waals surface area contributed by atoms with Crippen LogP contribution < -0.4 is 10.1 Å². The smallest absolute Gasteiger partial charge is 0.444 e. The molecule has 0 bridgehead atoms. The highest BCUT2D eigenvalue weighted by atomic mass is 35.5. The maximum Gasteiger partial charge on any atom is 0.573 e. The summed E-state index contributed by atoms with van der Waals surface area (Å²) in [6.45, 7) is 4.80. The lowest BCUT2D eigenvalue weighted by atomic mass is 9.93. The average molecular weight is 461 g/mol. The number of alkyl halides is 3. The molecule has 7 nitrogen and oxygen atoms in total. The van der Waals surface area contributed by atoms with Crippen molar-refractivity contribution in [2.75, 3.05) is 0 Å². The minimum Gasteiger partial charge on any atom is -0.444 e. The molecule has 0 spiro atoms. The van der Waals surface area contributed by atoms with Gasteiger partial charge in [0.2, 0.25) is 0 Å². The van der Waals surface area contributed by atoms with Gasteiger partial charge in [0.25, 0.3) is 6.04 Å². The largest absolute Gasteiger partial charge is 0.573 e. The number of alkyl carbamates (subject to hydrolysis) is 1. The lowest BCUT2D eigenvalue weighted by molar-refractivity contribution is -0.534. The second kappa shape index (κ2) is 9.42. The Hall–Kier alpha value is -3.01. The summed E-state index contributed by atoms with van der Waals surface area (Å²) in [7, 11) is 0. The van der Waals surface area contributed by atoms with E-state index < -0.39 is 40.8 Å². The molecular weight excluding hydrogens is 441 g/mol. The van der Waals surface area contributed by atoms with Gasteiger partial charge in [-0.25, -0.2) is 4.79 Å². The molecule has 31 heavy (non-hydrogen) atoms. The van der Waals surface area contributed by atoms with E-state index in [-0.39, 0.29) is 11.1 Å². The van der Waals surface area contributed by atoms with Gasteiger partial charge in [-0.15, -0.1) is 13.2 Å². The lowest BCUT2D eigenvalue weighted by Crippen LogP contribution is -2.39. The molecule has 0 unspecified atom stereocenters. The number of nitro groups is 1. The predicted molar refractivity (Wildman–Crippen MR) is 106 cm³/mol. The fourth-order valence-corrected chi connectivity index (χ4v) is 2.91. The van der Waals surface area contributed by atoms with Crippen molar-refractivity contribution in [3.8, 4) is 5.75 Å². The Balaban J connectivity index is 2.51. The van der Waals surface area contributed by atoms with Gasteiger partial charge in [0.05, 0.1) is 0 Å². The molecule has 1 N–H and O–H groups in total. The fourth-order valence-electron chi connectivity index (χ4n) is 2.78. The van der Waals surface area contributed by atoms with Crippen LogP contribution in [0.3, 0.4) is 0 Å². The molecule has 2 aromatic rings. The highest BCUT2D eigenvalue weighted by Gasteiger charge is 2.38. The third-order valence-corrected chi connectivity index (χ3v) is 4.13. The Kier molecular flexibility index (Phi) is 7.37. The molecule has 2 atom stereocenters. The van der Waals surface area contributed by atoms with E-state index >= 15 is 0 Å². The second-order valence-electron chi connectivity index (χ2n) is 7.53. The van der Waals surface area contributed by atoms with E-state index in [0.29, 0.717) is 5.02 Å². The van der Waals surface area contributed by atoms with Crippen LogP contribution in [0.25, 0.3) is 0 Å². The first-order valence-electron chi connectivity index (χ1n) is 8.99. The molecule has 0 aliphatic carbocycles. The molecule has 0 aliphatic rings. The van der Waals surface area contributed by atoms with Crippen LogP contribution in [0, 0.1) is 10.1 Å². The maximum absolute atomic E-state index is 12.6. The minimum atomic E-state index is -4.95. The van der Waals surface area contributed by atoms with Crippen molar-refractivity contribution < 1.29 is 32.4 Å². The van der Waals surface area contributed by atoms with E-state index in [1.165, 1.54) is 36.4 Å². The number of benzene rings is 2. The summed E-state index contributed by atoms with van der Waals surface area (Å²) in [5.41, 5.74) is -0.706. The molecule has 0 heterocycles. The number of amides is 1. The van der Waals surface area contributed by atoms with Gasteiger partial charge in [-0.3, -0.25) is 10.1 Å². The third-order valence-electron chi connectivity index (χ3n) is 3.88. The molecule has 0 aliphatic heterocycles. The van der Waals surface area contributed by atoms with E-state index in [4.69, 9.17) is 16.3 Å². The molecule has 1 amide bonds. The second-order valence-corrected chi connectivity index (χ2v) is 7.96. The van der Waals surface area contributed by atoms with Gasteiger partial charge >= 0.3 is 12.5 Å². The van der Waals surface area contributed by atoms with Crippen LogP contribution in [0.15, 0.2) is 48.5 Å².